The van der Waals surface area contributed by atoms with Gasteiger partial charge in [0.05, 0.1) is 12.5 Å². The monoisotopic (exact) mass is 342 g/mol. The number of piperidine rings is 1. The van der Waals surface area contributed by atoms with Gasteiger partial charge in [-0.1, -0.05) is 30.3 Å². The van der Waals surface area contributed by atoms with E-state index in [4.69, 9.17) is 4.74 Å². The van der Waals surface area contributed by atoms with Gasteiger partial charge in [0, 0.05) is 37.6 Å². The Labute approximate surface area is 148 Å². The molecule has 2 aliphatic heterocycles. The molecule has 0 radical (unpaired) electrons. The minimum absolute atomic E-state index is 0.0437. The number of benzene rings is 1. The number of hydrogen-bond acceptors (Lipinski definition) is 3. The highest BCUT2D eigenvalue weighted by Gasteiger charge is 2.46. The van der Waals surface area contributed by atoms with E-state index in [1.165, 1.54) is 0 Å². The molecule has 25 heavy (non-hydrogen) atoms. The Kier molecular flexibility index (Phi) is 4.75. The van der Waals surface area contributed by atoms with Gasteiger partial charge >= 0.3 is 0 Å². The molecule has 0 spiro atoms. The van der Waals surface area contributed by atoms with Crippen LogP contribution in [0.5, 0.6) is 0 Å². The first-order valence-corrected chi connectivity index (χ1v) is 9.44. The van der Waals surface area contributed by atoms with Gasteiger partial charge in [0.15, 0.2) is 0 Å². The van der Waals surface area contributed by atoms with E-state index in [0.29, 0.717) is 37.6 Å². The van der Waals surface area contributed by atoms with Crippen molar-refractivity contribution < 1.29 is 14.3 Å². The van der Waals surface area contributed by atoms with Crippen LogP contribution in [-0.4, -0.2) is 48.6 Å². The van der Waals surface area contributed by atoms with Gasteiger partial charge in [-0.3, -0.25) is 9.59 Å². The van der Waals surface area contributed by atoms with Crippen LogP contribution in [0.2, 0.25) is 0 Å². The summed E-state index contributed by atoms with van der Waals surface area (Å²) in [5.74, 6) is 0.902. The molecule has 3 atom stereocenters. The summed E-state index contributed by atoms with van der Waals surface area (Å²) in [7, 11) is 0. The van der Waals surface area contributed by atoms with Gasteiger partial charge in [0.25, 0.3) is 0 Å². The van der Waals surface area contributed by atoms with E-state index in [2.05, 4.69) is 5.32 Å². The smallest absolute Gasteiger partial charge is 0.226 e. The quantitative estimate of drug-likeness (QED) is 0.907. The number of nitrogens with one attached hydrogen (secondary N) is 1. The van der Waals surface area contributed by atoms with Gasteiger partial charge < -0.3 is 15.0 Å². The standard InChI is InChI=1S/C20H26N2O3/c23-19(12-14-4-2-1-3-5-14)22-9-6-15(7-10-22)20(24)21-17-13-18-16(17)8-11-25-18/h1-5,15-18H,6-13H2,(H,21,24)/t16-,17+,18+/m1/s1. The highest BCUT2D eigenvalue weighted by Crippen LogP contribution is 2.38. The van der Waals surface area contributed by atoms with Crippen molar-refractivity contribution in [2.75, 3.05) is 19.7 Å². The average Bonchev–Trinajstić information content (AvgIpc) is 3.01. The molecule has 1 aliphatic carbocycles. The lowest BCUT2D eigenvalue weighted by atomic mass is 9.76. The van der Waals surface area contributed by atoms with E-state index in [-0.39, 0.29) is 17.7 Å². The van der Waals surface area contributed by atoms with Crippen molar-refractivity contribution in [1.29, 1.82) is 0 Å². The fraction of sp³-hybridized carbons (Fsp3) is 0.600. The highest BCUT2D eigenvalue weighted by molar-refractivity contribution is 5.81. The number of hydrogen-bond donors (Lipinski definition) is 1. The summed E-state index contributed by atoms with van der Waals surface area (Å²) in [5.41, 5.74) is 1.05. The number of rotatable bonds is 4. The lowest BCUT2D eigenvalue weighted by Crippen LogP contribution is -2.55. The molecule has 4 rings (SSSR count). The Morgan fingerprint density at radius 1 is 1.12 bits per heavy atom. The molecule has 1 aromatic carbocycles. The summed E-state index contributed by atoms with van der Waals surface area (Å²) in [5, 5.41) is 3.22. The maximum absolute atomic E-state index is 12.5. The van der Waals surface area contributed by atoms with Crippen LogP contribution in [0.1, 0.15) is 31.2 Å². The molecule has 1 aromatic rings. The lowest BCUT2D eigenvalue weighted by Gasteiger charge is -2.40. The molecule has 3 aliphatic rings. The summed E-state index contributed by atoms with van der Waals surface area (Å²) in [6.07, 6.45) is 4.39. The summed E-state index contributed by atoms with van der Waals surface area (Å²) in [4.78, 5) is 26.8. The van der Waals surface area contributed by atoms with E-state index in [0.717, 1.165) is 37.9 Å². The number of carbonyl (C=O) groups excluding carboxylic acids is 2. The van der Waals surface area contributed by atoms with Crippen LogP contribution >= 0.6 is 0 Å². The van der Waals surface area contributed by atoms with E-state index < -0.39 is 0 Å². The second-order valence-corrected chi connectivity index (χ2v) is 7.53. The fourth-order valence-electron chi connectivity index (χ4n) is 4.34. The van der Waals surface area contributed by atoms with Crippen LogP contribution in [0.15, 0.2) is 30.3 Å². The van der Waals surface area contributed by atoms with Gasteiger partial charge in [-0.2, -0.15) is 0 Å². The van der Waals surface area contributed by atoms with Gasteiger partial charge in [-0.05, 0) is 31.2 Å². The SMILES string of the molecule is O=C(N[C@H]1C[C@@H]2OCC[C@H]12)C1CCN(C(=O)Cc2ccccc2)CC1. The van der Waals surface area contributed by atoms with Crippen LogP contribution < -0.4 is 5.32 Å². The molecule has 5 heteroatoms. The Balaban J connectivity index is 1.22. The molecule has 5 nitrogen and oxygen atoms in total. The molecule has 1 N–H and O–H groups in total. The average molecular weight is 342 g/mol. The van der Waals surface area contributed by atoms with Gasteiger partial charge in [-0.15, -0.1) is 0 Å². The summed E-state index contributed by atoms with van der Waals surface area (Å²) in [6.45, 7) is 2.21. The summed E-state index contributed by atoms with van der Waals surface area (Å²) in [6, 6.07) is 10.1. The van der Waals surface area contributed by atoms with Crippen molar-refractivity contribution >= 4 is 11.8 Å². The number of fused-ring (bicyclic) bond motifs is 1. The van der Waals surface area contributed by atoms with Crippen molar-refractivity contribution in [2.24, 2.45) is 11.8 Å². The Hall–Kier alpha value is -1.88. The van der Waals surface area contributed by atoms with Gasteiger partial charge in [0.1, 0.15) is 0 Å². The van der Waals surface area contributed by atoms with Crippen LogP contribution in [0, 0.1) is 11.8 Å². The topological polar surface area (TPSA) is 58.6 Å². The van der Waals surface area contributed by atoms with Crippen molar-refractivity contribution in [2.45, 2.75) is 44.2 Å². The molecule has 2 saturated heterocycles. The second kappa shape index (κ2) is 7.16. The van der Waals surface area contributed by atoms with Crippen LogP contribution in [-0.2, 0) is 20.7 Å². The van der Waals surface area contributed by atoms with Gasteiger partial charge in [-0.25, -0.2) is 0 Å². The first-order valence-electron chi connectivity index (χ1n) is 9.44. The molecule has 0 bridgehead atoms. The zero-order valence-corrected chi connectivity index (χ0v) is 14.5. The molecule has 3 fully saturated rings. The zero-order chi connectivity index (χ0) is 17.2. The molecular formula is C20H26N2O3. The van der Waals surface area contributed by atoms with Crippen molar-refractivity contribution in [3.05, 3.63) is 35.9 Å². The minimum Gasteiger partial charge on any atom is -0.378 e. The Morgan fingerprint density at radius 2 is 1.88 bits per heavy atom. The number of ether oxygens (including phenoxy) is 1. The first kappa shape index (κ1) is 16.6. The van der Waals surface area contributed by atoms with Crippen LogP contribution in [0.4, 0.5) is 0 Å². The molecule has 0 aromatic heterocycles. The first-order chi connectivity index (χ1) is 12.2. The zero-order valence-electron chi connectivity index (χ0n) is 14.5. The predicted molar refractivity (Wildman–Crippen MR) is 93.8 cm³/mol. The number of carbonyl (C=O) groups is 2. The normalized spacial score (nSPS) is 29.0. The van der Waals surface area contributed by atoms with Crippen molar-refractivity contribution in [3.63, 3.8) is 0 Å². The van der Waals surface area contributed by atoms with Crippen LogP contribution in [0.3, 0.4) is 0 Å². The largest absolute Gasteiger partial charge is 0.378 e. The van der Waals surface area contributed by atoms with E-state index >= 15 is 0 Å². The number of amides is 2. The Morgan fingerprint density at radius 3 is 2.60 bits per heavy atom. The third kappa shape index (κ3) is 3.56. The minimum atomic E-state index is 0.0437. The molecule has 1 saturated carbocycles. The van der Waals surface area contributed by atoms with E-state index in [1.807, 2.05) is 35.2 Å². The third-order valence-corrected chi connectivity index (χ3v) is 6.01. The van der Waals surface area contributed by atoms with Crippen molar-refractivity contribution in [3.8, 4) is 0 Å². The van der Waals surface area contributed by atoms with Crippen LogP contribution in [0.25, 0.3) is 0 Å². The van der Waals surface area contributed by atoms with E-state index in [1.54, 1.807) is 0 Å². The molecular weight excluding hydrogens is 316 g/mol. The fourth-order valence-corrected chi connectivity index (χ4v) is 4.34. The lowest BCUT2D eigenvalue weighted by molar-refractivity contribution is -0.136. The predicted octanol–water partition coefficient (Wildman–Crippen LogP) is 1.76. The maximum Gasteiger partial charge on any atom is 0.226 e. The van der Waals surface area contributed by atoms with Crippen molar-refractivity contribution in [1.82, 2.24) is 10.2 Å². The number of likely N-dealkylation sites (tertiary alicyclic amines) is 1. The van der Waals surface area contributed by atoms with E-state index in [9.17, 15) is 9.59 Å². The second-order valence-electron chi connectivity index (χ2n) is 7.53. The third-order valence-electron chi connectivity index (χ3n) is 6.01. The summed E-state index contributed by atoms with van der Waals surface area (Å²) < 4.78 is 5.60. The number of nitrogens with zero attached hydrogens (tertiary/aromatic N) is 1. The molecule has 2 heterocycles. The molecule has 2 amide bonds. The maximum atomic E-state index is 12.5. The molecule has 134 valence electrons. The Bertz CT molecular complexity index is 625. The van der Waals surface area contributed by atoms with Gasteiger partial charge in [0.2, 0.25) is 11.8 Å². The summed E-state index contributed by atoms with van der Waals surface area (Å²) >= 11 is 0. The molecule has 0 unspecified atom stereocenters. The highest BCUT2D eigenvalue weighted by atomic mass is 16.5.